The van der Waals surface area contributed by atoms with Crippen molar-refractivity contribution >= 4 is 11.8 Å². The first-order chi connectivity index (χ1) is 6.67. The number of hydrogen-bond acceptors (Lipinski definition) is 3. The Morgan fingerprint density at radius 2 is 1.87 bits per heavy atom. The molecule has 0 aromatic heterocycles. The zero-order chi connectivity index (χ0) is 11.9. The summed E-state index contributed by atoms with van der Waals surface area (Å²) in [6.45, 7) is 6.94. The Morgan fingerprint density at radius 3 is 2.20 bits per heavy atom. The van der Waals surface area contributed by atoms with Crippen molar-refractivity contribution in [1.82, 2.24) is 5.32 Å². The van der Waals surface area contributed by atoms with E-state index >= 15 is 0 Å². The van der Waals surface area contributed by atoms with Crippen LogP contribution in [0.4, 0.5) is 4.79 Å². The lowest BCUT2D eigenvalue weighted by atomic mass is 9.93. The largest absolute Gasteiger partial charge is 0.357 e. The zero-order valence-electron chi connectivity index (χ0n) is 9.38. The predicted molar refractivity (Wildman–Crippen MR) is 55.1 cm³/mol. The fourth-order valence-corrected chi connectivity index (χ4v) is 1.72. The van der Waals surface area contributed by atoms with Gasteiger partial charge in [0.25, 0.3) is 0 Å². The van der Waals surface area contributed by atoms with Crippen molar-refractivity contribution in [3.05, 3.63) is 11.8 Å². The summed E-state index contributed by atoms with van der Waals surface area (Å²) in [6.07, 6.45) is 1.32. The summed E-state index contributed by atoms with van der Waals surface area (Å²) in [4.78, 5) is 22.4. The monoisotopic (exact) mass is 212 g/mol. The minimum absolute atomic E-state index is 0.138. The van der Waals surface area contributed by atoms with E-state index in [0.717, 1.165) is 0 Å². The SMILES string of the molecule is CC1(C)OC(C)(C)/C(=C/NC(N)=O)C1=O. The summed E-state index contributed by atoms with van der Waals surface area (Å²) < 4.78 is 5.58. The third-order valence-corrected chi connectivity index (χ3v) is 2.31. The maximum Gasteiger partial charge on any atom is 0.316 e. The van der Waals surface area contributed by atoms with Crippen molar-refractivity contribution in [2.24, 2.45) is 5.73 Å². The molecule has 0 spiro atoms. The molecule has 5 nitrogen and oxygen atoms in total. The van der Waals surface area contributed by atoms with Gasteiger partial charge in [0.2, 0.25) is 0 Å². The standard InChI is InChI=1S/C10H16N2O3/c1-9(2)6(5-12-8(11)14)7(13)10(3,4)15-9/h5H,1-4H3,(H3,11,12,14)/b6-5+. The third-order valence-electron chi connectivity index (χ3n) is 2.31. The molecule has 0 radical (unpaired) electrons. The van der Waals surface area contributed by atoms with E-state index in [-0.39, 0.29) is 5.78 Å². The van der Waals surface area contributed by atoms with Gasteiger partial charge in [-0.25, -0.2) is 4.79 Å². The molecule has 0 atom stereocenters. The molecule has 1 heterocycles. The maximum absolute atomic E-state index is 11.9. The first-order valence-electron chi connectivity index (χ1n) is 4.68. The van der Waals surface area contributed by atoms with Crippen LogP contribution in [0.5, 0.6) is 0 Å². The van der Waals surface area contributed by atoms with Crippen molar-refractivity contribution in [1.29, 1.82) is 0 Å². The summed E-state index contributed by atoms with van der Waals surface area (Å²) in [5.41, 5.74) is 3.79. The molecular weight excluding hydrogens is 196 g/mol. The number of carbonyl (C=O) groups is 2. The van der Waals surface area contributed by atoms with Crippen LogP contribution < -0.4 is 11.1 Å². The van der Waals surface area contributed by atoms with Crippen LogP contribution in [0.3, 0.4) is 0 Å². The summed E-state index contributed by atoms with van der Waals surface area (Å²) in [5.74, 6) is -0.138. The van der Waals surface area contributed by atoms with Gasteiger partial charge >= 0.3 is 6.03 Å². The van der Waals surface area contributed by atoms with Crippen molar-refractivity contribution in [3.8, 4) is 0 Å². The zero-order valence-corrected chi connectivity index (χ0v) is 9.38. The number of primary amides is 1. The van der Waals surface area contributed by atoms with Crippen LogP contribution in [0.15, 0.2) is 11.8 Å². The topological polar surface area (TPSA) is 81.4 Å². The molecule has 0 unspecified atom stereocenters. The number of carbonyl (C=O) groups excluding carboxylic acids is 2. The van der Waals surface area contributed by atoms with Crippen LogP contribution in [0.1, 0.15) is 27.7 Å². The van der Waals surface area contributed by atoms with E-state index < -0.39 is 17.2 Å². The van der Waals surface area contributed by atoms with E-state index in [1.165, 1.54) is 6.20 Å². The molecule has 2 amide bonds. The molecule has 5 heteroatoms. The van der Waals surface area contributed by atoms with Crippen molar-refractivity contribution in [2.45, 2.75) is 38.9 Å². The molecule has 0 bridgehead atoms. The maximum atomic E-state index is 11.9. The van der Waals surface area contributed by atoms with Crippen molar-refractivity contribution in [2.75, 3.05) is 0 Å². The van der Waals surface area contributed by atoms with Gasteiger partial charge in [-0.2, -0.15) is 0 Å². The lowest BCUT2D eigenvalue weighted by molar-refractivity contribution is -0.132. The van der Waals surface area contributed by atoms with E-state index in [0.29, 0.717) is 5.57 Å². The number of hydrogen-bond donors (Lipinski definition) is 2. The molecule has 84 valence electrons. The lowest BCUT2D eigenvalue weighted by Crippen LogP contribution is -2.29. The van der Waals surface area contributed by atoms with Gasteiger partial charge < -0.3 is 15.8 Å². The average molecular weight is 212 g/mol. The molecule has 3 N–H and O–H groups in total. The second-order valence-electron chi connectivity index (χ2n) is 4.52. The van der Waals surface area contributed by atoms with Gasteiger partial charge in [0, 0.05) is 11.8 Å². The van der Waals surface area contributed by atoms with E-state index in [4.69, 9.17) is 10.5 Å². The van der Waals surface area contributed by atoms with Crippen LogP contribution in [-0.4, -0.2) is 23.0 Å². The van der Waals surface area contributed by atoms with Gasteiger partial charge in [0.1, 0.15) is 5.60 Å². The van der Waals surface area contributed by atoms with Crippen molar-refractivity contribution in [3.63, 3.8) is 0 Å². The highest BCUT2D eigenvalue weighted by molar-refractivity contribution is 6.05. The molecule has 1 fully saturated rings. The number of rotatable bonds is 1. The van der Waals surface area contributed by atoms with E-state index in [2.05, 4.69) is 5.32 Å². The Kier molecular flexibility index (Phi) is 2.61. The molecule has 15 heavy (non-hydrogen) atoms. The van der Waals surface area contributed by atoms with Gasteiger partial charge in [0.15, 0.2) is 5.78 Å². The highest BCUT2D eigenvalue weighted by Gasteiger charge is 2.49. The second-order valence-corrected chi connectivity index (χ2v) is 4.52. The Labute approximate surface area is 88.7 Å². The van der Waals surface area contributed by atoms with Gasteiger partial charge in [0.05, 0.1) is 5.60 Å². The molecule has 1 rings (SSSR count). The lowest BCUT2D eigenvalue weighted by Gasteiger charge is -2.22. The van der Waals surface area contributed by atoms with Crippen LogP contribution in [0.2, 0.25) is 0 Å². The molecule has 0 aromatic carbocycles. The Hall–Kier alpha value is -1.36. The van der Waals surface area contributed by atoms with Crippen LogP contribution in [0, 0.1) is 0 Å². The summed E-state index contributed by atoms with van der Waals surface area (Å²) in [6, 6.07) is -0.698. The molecule has 0 aliphatic carbocycles. The number of amides is 2. The first kappa shape index (κ1) is 11.7. The first-order valence-corrected chi connectivity index (χ1v) is 4.68. The van der Waals surface area contributed by atoms with E-state index in [9.17, 15) is 9.59 Å². The third kappa shape index (κ3) is 2.18. The van der Waals surface area contributed by atoms with Gasteiger partial charge in [-0.15, -0.1) is 0 Å². The highest BCUT2D eigenvalue weighted by Crippen LogP contribution is 2.38. The Bertz CT molecular complexity index is 343. The fourth-order valence-electron chi connectivity index (χ4n) is 1.72. The number of ketones is 1. The quantitative estimate of drug-likeness (QED) is 0.627. The molecule has 0 saturated carbocycles. The Morgan fingerprint density at radius 1 is 1.33 bits per heavy atom. The Balaban J connectivity index is 3.02. The second kappa shape index (κ2) is 3.34. The number of nitrogens with two attached hydrogens (primary N) is 1. The van der Waals surface area contributed by atoms with E-state index in [1.807, 2.05) is 0 Å². The minimum Gasteiger partial charge on any atom is -0.357 e. The predicted octanol–water partition coefficient (Wildman–Crippen LogP) is 0.695. The molecule has 1 saturated heterocycles. The molecular formula is C10H16N2O3. The van der Waals surface area contributed by atoms with Crippen LogP contribution in [-0.2, 0) is 9.53 Å². The molecule has 1 aliphatic rings. The summed E-state index contributed by atoms with van der Waals surface area (Å²) in [5, 5.41) is 2.29. The van der Waals surface area contributed by atoms with Crippen LogP contribution in [0.25, 0.3) is 0 Å². The normalized spacial score (nSPS) is 25.6. The number of Topliss-reactive ketones (excluding diaryl/α,β-unsaturated/α-hetero) is 1. The fraction of sp³-hybridized carbons (Fsp3) is 0.600. The number of ether oxygens (including phenoxy) is 1. The summed E-state index contributed by atoms with van der Waals surface area (Å²) in [7, 11) is 0. The van der Waals surface area contributed by atoms with Gasteiger partial charge in [-0.1, -0.05) is 0 Å². The smallest absolute Gasteiger partial charge is 0.316 e. The van der Waals surface area contributed by atoms with Gasteiger partial charge in [-0.05, 0) is 27.7 Å². The molecule has 1 aliphatic heterocycles. The van der Waals surface area contributed by atoms with E-state index in [1.54, 1.807) is 27.7 Å². The number of nitrogens with one attached hydrogen (secondary N) is 1. The molecule has 0 aromatic rings. The summed E-state index contributed by atoms with van der Waals surface area (Å²) >= 11 is 0. The average Bonchev–Trinajstić information content (AvgIpc) is 2.14. The van der Waals surface area contributed by atoms with Crippen LogP contribution >= 0.6 is 0 Å². The van der Waals surface area contributed by atoms with Gasteiger partial charge in [-0.3, -0.25) is 4.79 Å². The van der Waals surface area contributed by atoms with Crippen molar-refractivity contribution < 1.29 is 14.3 Å². The minimum atomic E-state index is -0.853. The number of urea groups is 1. The highest BCUT2D eigenvalue weighted by atomic mass is 16.5.